The van der Waals surface area contributed by atoms with Crippen molar-refractivity contribution in [2.75, 3.05) is 6.54 Å². The average molecular weight is 591 g/mol. The first-order valence-corrected chi connectivity index (χ1v) is 13.2. The van der Waals surface area contributed by atoms with Gasteiger partial charge in [0.05, 0.1) is 27.5 Å². The van der Waals surface area contributed by atoms with Crippen LogP contribution in [-0.4, -0.2) is 25.2 Å². The number of halogens is 4. The number of rotatable bonds is 8. The van der Waals surface area contributed by atoms with Crippen molar-refractivity contribution < 1.29 is 13.2 Å². The molecule has 3 aromatic rings. The van der Waals surface area contributed by atoms with Crippen LogP contribution in [0.15, 0.2) is 76.1 Å². The van der Waals surface area contributed by atoms with Gasteiger partial charge in [-0.1, -0.05) is 68.9 Å². The number of nitrogens with zero attached hydrogens (tertiary/aromatic N) is 1. The molecule has 5 nitrogen and oxygen atoms in total. The van der Waals surface area contributed by atoms with E-state index in [-0.39, 0.29) is 24.0 Å². The van der Waals surface area contributed by atoms with Crippen LogP contribution < -0.4 is 5.32 Å². The van der Waals surface area contributed by atoms with E-state index in [1.165, 1.54) is 12.1 Å². The van der Waals surface area contributed by atoms with Crippen molar-refractivity contribution in [3.63, 3.8) is 0 Å². The van der Waals surface area contributed by atoms with Gasteiger partial charge in [-0.2, -0.15) is 4.31 Å². The molecule has 0 aliphatic rings. The molecule has 0 heterocycles. The van der Waals surface area contributed by atoms with E-state index in [9.17, 15) is 13.2 Å². The number of carbonyl (C=O) groups excluding carboxylic acids is 1. The largest absolute Gasteiger partial charge is 0.348 e. The van der Waals surface area contributed by atoms with Crippen molar-refractivity contribution in [3.05, 3.63) is 97.4 Å². The first-order valence-electron chi connectivity index (χ1n) is 9.81. The van der Waals surface area contributed by atoms with E-state index in [2.05, 4.69) is 21.2 Å². The highest BCUT2D eigenvalue weighted by Crippen LogP contribution is 2.26. The van der Waals surface area contributed by atoms with Gasteiger partial charge in [0.15, 0.2) is 0 Å². The molecular weight excluding hydrogens is 571 g/mol. The summed E-state index contributed by atoms with van der Waals surface area (Å²) in [5, 5.41) is 4.09. The maximum absolute atomic E-state index is 13.4. The van der Waals surface area contributed by atoms with Gasteiger partial charge in [-0.3, -0.25) is 4.79 Å². The lowest BCUT2D eigenvalue weighted by Gasteiger charge is -2.23. The lowest BCUT2D eigenvalue weighted by atomic mass is 10.1. The van der Waals surface area contributed by atoms with Gasteiger partial charge >= 0.3 is 0 Å². The van der Waals surface area contributed by atoms with Crippen molar-refractivity contribution in [3.8, 4) is 0 Å². The van der Waals surface area contributed by atoms with Crippen LogP contribution >= 0.6 is 50.7 Å². The second-order valence-corrected chi connectivity index (χ2v) is 11.4. The minimum Gasteiger partial charge on any atom is -0.348 e. The number of amides is 1. The quantitative estimate of drug-likeness (QED) is 0.327. The molecule has 1 atom stereocenters. The highest BCUT2D eigenvalue weighted by Gasteiger charge is 2.27. The molecule has 0 saturated heterocycles. The summed E-state index contributed by atoms with van der Waals surface area (Å²) in [6.45, 7) is 1.38. The summed E-state index contributed by atoms with van der Waals surface area (Å²) in [6, 6.07) is 17.8. The lowest BCUT2D eigenvalue weighted by Crippen LogP contribution is -2.41. The molecule has 10 heteroatoms. The molecule has 0 radical (unpaired) electrons. The predicted octanol–water partition coefficient (Wildman–Crippen LogP) is 6.48. The van der Waals surface area contributed by atoms with Gasteiger partial charge in [0.1, 0.15) is 0 Å². The third kappa shape index (κ3) is 6.94. The van der Waals surface area contributed by atoms with Gasteiger partial charge in [0, 0.05) is 16.0 Å². The molecule has 174 valence electrons. The number of benzene rings is 3. The van der Waals surface area contributed by atoms with Gasteiger partial charge in [-0.25, -0.2) is 8.42 Å². The SMILES string of the molecule is C[C@H](NC(=O)CN(Cc1ccc(Cl)c(Cl)c1)S(=O)(=O)c1ccc(Br)cc1)c1ccc(Cl)cc1. The highest BCUT2D eigenvalue weighted by molar-refractivity contribution is 9.10. The van der Waals surface area contributed by atoms with Crippen molar-refractivity contribution in [1.29, 1.82) is 0 Å². The fourth-order valence-corrected chi connectivity index (χ4v) is 5.20. The number of hydrogen-bond donors (Lipinski definition) is 1. The van der Waals surface area contributed by atoms with E-state index >= 15 is 0 Å². The lowest BCUT2D eigenvalue weighted by molar-refractivity contribution is -0.122. The molecule has 0 aliphatic carbocycles. The van der Waals surface area contributed by atoms with Crippen LogP contribution in [0.3, 0.4) is 0 Å². The molecule has 33 heavy (non-hydrogen) atoms. The van der Waals surface area contributed by atoms with E-state index in [1.807, 2.05) is 6.92 Å². The van der Waals surface area contributed by atoms with Crippen LogP contribution in [0.4, 0.5) is 0 Å². The molecule has 0 bridgehead atoms. The molecule has 0 spiro atoms. The zero-order valence-electron chi connectivity index (χ0n) is 17.4. The number of hydrogen-bond acceptors (Lipinski definition) is 3. The maximum Gasteiger partial charge on any atom is 0.243 e. The van der Waals surface area contributed by atoms with E-state index in [0.29, 0.717) is 20.6 Å². The molecule has 3 rings (SSSR count). The van der Waals surface area contributed by atoms with E-state index in [1.54, 1.807) is 54.6 Å². The molecule has 1 amide bonds. The van der Waals surface area contributed by atoms with E-state index < -0.39 is 15.9 Å². The summed E-state index contributed by atoms with van der Waals surface area (Å²) >= 11 is 21.3. The summed E-state index contributed by atoms with van der Waals surface area (Å²) in [5.41, 5.74) is 1.45. The molecular formula is C23H20BrCl3N2O3S. The summed E-state index contributed by atoms with van der Waals surface area (Å²) in [4.78, 5) is 12.9. The zero-order valence-corrected chi connectivity index (χ0v) is 22.1. The molecule has 3 aromatic carbocycles. The Balaban J connectivity index is 1.85. The standard InChI is InChI=1S/C23H20BrCl3N2O3S/c1-15(17-3-7-19(25)8-4-17)28-23(30)14-29(13-16-2-11-21(26)22(27)12-16)33(31,32)20-9-5-18(24)6-10-20/h2-12,15H,13-14H2,1H3,(H,28,30)/t15-/m0/s1. The Morgan fingerprint density at radius 3 is 2.21 bits per heavy atom. The Hall–Kier alpha value is -1.61. The molecule has 0 unspecified atom stereocenters. The van der Waals surface area contributed by atoms with Gasteiger partial charge in [-0.15, -0.1) is 0 Å². The van der Waals surface area contributed by atoms with Gasteiger partial charge < -0.3 is 5.32 Å². The van der Waals surface area contributed by atoms with Crippen LogP contribution in [0.1, 0.15) is 24.1 Å². The smallest absolute Gasteiger partial charge is 0.243 e. The monoisotopic (exact) mass is 588 g/mol. The Labute approximate surface area is 216 Å². The van der Waals surface area contributed by atoms with Crippen LogP contribution in [-0.2, 0) is 21.4 Å². The topological polar surface area (TPSA) is 66.5 Å². The molecule has 0 aliphatic heterocycles. The van der Waals surface area contributed by atoms with Crippen LogP contribution in [0, 0.1) is 0 Å². The minimum atomic E-state index is -3.98. The van der Waals surface area contributed by atoms with Crippen LogP contribution in [0.2, 0.25) is 15.1 Å². The van der Waals surface area contributed by atoms with Gasteiger partial charge in [-0.05, 0) is 66.6 Å². The summed E-state index contributed by atoms with van der Waals surface area (Å²) in [6.07, 6.45) is 0. The summed E-state index contributed by atoms with van der Waals surface area (Å²) < 4.78 is 28.6. The predicted molar refractivity (Wildman–Crippen MR) is 136 cm³/mol. The molecule has 1 N–H and O–H groups in total. The van der Waals surface area contributed by atoms with Gasteiger partial charge in [0.25, 0.3) is 0 Å². The van der Waals surface area contributed by atoms with Crippen LogP contribution in [0.25, 0.3) is 0 Å². The average Bonchev–Trinajstić information content (AvgIpc) is 2.76. The Morgan fingerprint density at radius 1 is 0.970 bits per heavy atom. The van der Waals surface area contributed by atoms with Crippen molar-refractivity contribution >= 4 is 66.7 Å². The Morgan fingerprint density at radius 2 is 1.61 bits per heavy atom. The first-order chi connectivity index (χ1) is 15.6. The molecule has 0 aromatic heterocycles. The maximum atomic E-state index is 13.4. The van der Waals surface area contributed by atoms with E-state index in [0.717, 1.165) is 14.3 Å². The first kappa shape index (κ1) is 26.0. The molecule has 0 saturated carbocycles. The third-order valence-electron chi connectivity index (χ3n) is 4.86. The van der Waals surface area contributed by atoms with Crippen LogP contribution in [0.5, 0.6) is 0 Å². The normalized spacial score (nSPS) is 12.5. The Bertz CT molecular complexity index is 1240. The third-order valence-corrected chi connectivity index (χ3v) is 8.19. The number of nitrogens with one attached hydrogen (secondary N) is 1. The van der Waals surface area contributed by atoms with Gasteiger partial charge in [0.2, 0.25) is 15.9 Å². The van der Waals surface area contributed by atoms with E-state index in [4.69, 9.17) is 34.8 Å². The van der Waals surface area contributed by atoms with Crippen molar-refractivity contribution in [2.24, 2.45) is 0 Å². The second-order valence-electron chi connectivity index (χ2n) is 7.32. The Kier molecular flexibility index (Phi) is 8.83. The number of carbonyl (C=O) groups is 1. The highest BCUT2D eigenvalue weighted by atomic mass is 79.9. The summed E-state index contributed by atoms with van der Waals surface area (Å²) in [5.74, 6) is -0.446. The zero-order chi connectivity index (χ0) is 24.2. The minimum absolute atomic E-state index is 0.0575. The molecule has 0 fully saturated rings. The fourth-order valence-electron chi connectivity index (χ4n) is 3.11. The second kappa shape index (κ2) is 11.2. The van der Waals surface area contributed by atoms with Crippen molar-refractivity contribution in [2.45, 2.75) is 24.4 Å². The number of sulfonamides is 1. The van der Waals surface area contributed by atoms with Crippen molar-refractivity contribution in [1.82, 2.24) is 9.62 Å². The summed E-state index contributed by atoms with van der Waals surface area (Å²) in [7, 11) is -3.98. The fraction of sp³-hybridized carbons (Fsp3) is 0.174.